The maximum Gasteiger partial charge on any atom is 0.243 e. The van der Waals surface area contributed by atoms with Crippen molar-refractivity contribution in [1.29, 1.82) is 0 Å². The van der Waals surface area contributed by atoms with Gasteiger partial charge in [0.05, 0.1) is 24.0 Å². The number of ether oxygens (including phenoxy) is 1. The maximum atomic E-state index is 13.0. The van der Waals surface area contributed by atoms with Crippen molar-refractivity contribution in [3.63, 3.8) is 0 Å². The Morgan fingerprint density at radius 2 is 1.87 bits per heavy atom. The summed E-state index contributed by atoms with van der Waals surface area (Å²) in [4.78, 5) is 13.1. The maximum absolute atomic E-state index is 13.0. The first kappa shape index (κ1) is 22.3. The molecule has 30 heavy (non-hydrogen) atoms. The van der Waals surface area contributed by atoms with Crippen LogP contribution in [0.25, 0.3) is 0 Å². The lowest BCUT2D eigenvalue weighted by molar-refractivity contribution is -0.126. The van der Waals surface area contributed by atoms with Crippen LogP contribution in [0.5, 0.6) is 5.75 Å². The average Bonchev–Trinajstić information content (AvgIpc) is 2.73. The molecule has 162 valence electrons. The first-order chi connectivity index (χ1) is 14.2. The number of hydrogen-bond acceptors (Lipinski definition) is 4. The van der Waals surface area contributed by atoms with E-state index in [2.05, 4.69) is 11.4 Å². The molecular formula is C23H30N2O4S. The van der Waals surface area contributed by atoms with Crippen LogP contribution < -0.4 is 10.1 Å². The van der Waals surface area contributed by atoms with Crippen molar-refractivity contribution in [2.45, 2.75) is 44.6 Å². The number of amides is 1. The Morgan fingerprint density at radius 1 is 1.17 bits per heavy atom. The molecular weight excluding hydrogens is 400 g/mol. The Bertz CT molecular complexity index is 1000. The number of rotatable bonds is 6. The normalized spacial score (nSPS) is 18.6. The fourth-order valence-corrected chi connectivity index (χ4v) is 5.52. The second-order valence-electron chi connectivity index (χ2n) is 7.97. The highest BCUT2D eigenvalue weighted by atomic mass is 32.2. The summed E-state index contributed by atoms with van der Waals surface area (Å²) >= 11 is 0. The molecule has 1 heterocycles. The minimum Gasteiger partial charge on any atom is -0.497 e. The molecule has 1 aliphatic rings. The zero-order valence-corrected chi connectivity index (χ0v) is 18.8. The van der Waals surface area contributed by atoms with Crippen LogP contribution in [0, 0.1) is 19.8 Å². The summed E-state index contributed by atoms with van der Waals surface area (Å²) in [5.41, 5.74) is 3.39. The van der Waals surface area contributed by atoms with Gasteiger partial charge in [-0.2, -0.15) is 4.31 Å². The standard InChI is InChI=1S/C23H30N2O4S/c1-16-7-12-22(17(2)14-16)18(3)24-23(26)19-6-5-13-25(15-19)30(27,28)21-10-8-20(29-4)9-11-21/h7-12,14,18-19H,5-6,13,15H2,1-4H3,(H,24,26)/t18-,19+/m1/s1. The SMILES string of the molecule is COc1ccc(S(=O)(=O)N2CCC[C@H](C(=O)N[C@H](C)c3ccc(C)cc3C)C2)cc1. The third-order valence-corrected chi connectivity index (χ3v) is 7.58. The number of aryl methyl sites for hydroxylation is 2. The number of piperidine rings is 1. The lowest BCUT2D eigenvalue weighted by atomic mass is 9.96. The molecule has 3 rings (SSSR count). The van der Waals surface area contributed by atoms with Crippen LogP contribution in [-0.4, -0.2) is 38.8 Å². The molecule has 2 aromatic rings. The Hall–Kier alpha value is -2.38. The predicted molar refractivity (Wildman–Crippen MR) is 117 cm³/mol. The summed E-state index contributed by atoms with van der Waals surface area (Å²) in [6.07, 6.45) is 1.34. The van der Waals surface area contributed by atoms with Crippen LogP contribution in [0.1, 0.15) is 42.5 Å². The van der Waals surface area contributed by atoms with Gasteiger partial charge < -0.3 is 10.1 Å². The molecule has 0 aliphatic carbocycles. The largest absolute Gasteiger partial charge is 0.497 e. The van der Waals surface area contributed by atoms with Gasteiger partial charge in [0.2, 0.25) is 15.9 Å². The molecule has 1 fully saturated rings. The summed E-state index contributed by atoms with van der Waals surface area (Å²) in [6, 6.07) is 12.4. The third kappa shape index (κ3) is 4.84. The van der Waals surface area contributed by atoms with Crippen molar-refractivity contribution in [3.05, 3.63) is 59.2 Å². The molecule has 0 saturated carbocycles. The van der Waals surface area contributed by atoms with E-state index in [1.54, 1.807) is 24.3 Å². The summed E-state index contributed by atoms with van der Waals surface area (Å²) in [7, 11) is -2.11. The lowest BCUT2D eigenvalue weighted by Gasteiger charge is -2.32. The average molecular weight is 431 g/mol. The fourth-order valence-electron chi connectivity index (χ4n) is 3.99. The van der Waals surface area contributed by atoms with Gasteiger partial charge in [0.1, 0.15) is 5.75 Å². The monoisotopic (exact) mass is 430 g/mol. The first-order valence-corrected chi connectivity index (χ1v) is 11.7. The Morgan fingerprint density at radius 3 is 2.50 bits per heavy atom. The Labute approximate surface area is 179 Å². The molecule has 2 atom stereocenters. The summed E-state index contributed by atoms with van der Waals surface area (Å²) in [5.74, 6) is 0.141. The summed E-state index contributed by atoms with van der Waals surface area (Å²) in [5, 5.41) is 3.08. The smallest absolute Gasteiger partial charge is 0.243 e. The van der Waals surface area contributed by atoms with Crippen molar-refractivity contribution in [1.82, 2.24) is 9.62 Å². The van der Waals surface area contributed by atoms with Gasteiger partial charge in [-0.3, -0.25) is 4.79 Å². The number of sulfonamides is 1. The van der Waals surface area contributed by atoms with Crippen LogP contribution in [0.3, 0.4) is 0 Å². The predicted octanol–water partition coefficient (Wildman–Crippen LogP) is 3.59. The Balaban J connectivity index is 1.69. The van der Waals surface area contributed by atoms with E-state index < -0.39 is 10.0 Å². The molecule has 1 N–H and O–H groups in total. The highest BCUT2D eigenvalue weighted by molar-refractivity contribution is 7.89. The molecule has 2 aromatic carbocycles. The van der Waals surface area contributed by atoms with E-state index in [0.717, 1.165) is 11.1 Å². The Kier molecular flexibility index (Phi) is 6.83. The van der Waals surface area contributed by atoms with E-state index in [0.29, 0.717) is 25.1 Å². The minimum atomic E-state index is -3.65. The molecule has 1 saturated heterocycles. The molecule has 0 unspecified atom stereocenters. The van der Waals surface area contributed by atoms with E-state index in [9.17, 15) is 13.2 Å². The number of nitrogens with zero attached hydrogens (tertiary/aromatic N) is 1. The third-order valence-electron chi connectivity index (χ3n) is 5.70. The number of carbonyl (C=O) groups excluding carboxylic acids is 1. The number of nitrogens with one attached hydrogen (secondary N) is 1. The summed E-state index contributed by atoms with van der Waals surface area (Å²) < 4.78 is 32.6. The zero-order chi connectivity index (χ0) is 21.9. The molecule has 6 nitrogen and oxygen atoms in total. The van der Waals surface area contributed by atoms with E-state index >= 15 is 0 Å². The highest BCUT2D eigenvalue weighted by Crippen LogP contribution is 2.26. The van der Waals surface area contributed by atoms with Crippen molar-refractivity contribution >= 4 is 15.9 Å². The van der Waals surface area contributed by atoms with E-state index in [4.69, 9.17) is 4.74 Å². The number of hydrogen-bond donors (Lipinski definition) is 1. The van der Waals surface area contributed by atoms with Crippen LogP contribution in [-0.2, 0) is 14.8 Å². The van der Waals surface area contributed by atoms with Gasteiger partial charge in [-0.25, -0.2) is 8.42 Å². The van der Waals surface area contributed by atoms with Gasteiger partial charge in [0.25, 0.3) is 0 Å². The molecule has 1 amide bonds. The second-order valence-corrected chi connectivity index (χ2v) is 9.91. The first-order valence-electron chi connectivity index (χ1n) is 10.2. The molecule has 0 spiro atoms. The van der Waals surface area contributed by atoms with Crippen LogP contribution in [0.2, 0.25) is 0 Å². The topological polar surface area (TPSA) is 75.7 Å². The van der Waals surface area contributed by atoms with Crippen molar-refractivity contribution in [3.8, 4) is 5.75 Å². The fraction of sp³-hybridized carbons (Fsp3) is 0.435. The summed E-state index contributed by atoms with van der Waals surface area (Å²) in [6.45, 7) is 6.66. The zero-order valence-electron chi connectivity index (χ0n) is 18.0. The quantitative estimate of drug-likeness (QED) is 0.760. The molecule has 7 heteroatoms. The lowest BCUT2D eigenvalue weighted by Crippen LogP contribution is -2.45. The van der Waals surface area contributed by atoms with Gasteiger partial charge in [0, 0.05) is 13.1 Å². The molecule has 0 aromatic heterocycles. The highest BCUT2D eigenvalue weighted by Gasteiger charge is 2.33. The van der Waals surface area contributed by atoms with E-state index in [1.807, 2.05) is 32.9 Å². The van der Waals surface area contributed by atoms with Crippen molar-refractivity contribution in [2.24, 2.45) is 5.92 Å². The second kappa shape index (κ2) is 9.18. The van der Waals surface area contributed by atoms with Crippen molar-refractivity contribution < 1.29 is 17.9 Å². The number of carbonyl (C=O) groups is 1. The molecule has 0 bridgehead atoms. The van der Waals surface area contributed by atoms with E-state index in [1.165, 1.54) is 17.0 Å². The number of methoxy groups -OCH3 is 1. The van der Waals surface area contributed by atoms with Gasteiger partial charge >= 0.3 is 0 Å². The van der Waals surface area contributed by atoms with Gasteiger partial charge in [0.15, 0.2) is 0 Å². The van der Waals surface area contributed by atoms with E-state index in [-0.39, 0.29) is 29.3 Å². The van der Waals surface area contributed by atoms with Crippen LogP contribution >= 0.6 is 0 Å². The minimum absolute atomic E-state index is 0.0999. The van der Waals surface area contributed by atoms with Crippen molar-refractivity contribution in [2.75, 3.05) is 20.2 Å². The van der Waals surface area contributed by atoms with Crippen LogP contribution in [0.4, 0.5) is 0 Å². The van der Waals surface area contributed by atoms with Crippen LogP contribution in [0.15, 0.2) is 47.4 Å². The molecule has 0 radical (unpaired) electrons. The van der Waals surface area contributed by atoms with Gasteiger partial charge in [-0.1, -0.05) is 23.8 Å². The number of benzene rings is 2. The van der Waals surface area contributed by atoms with Gasteiger partial charge in [-0.05, 0) is 69.0 Å². The molecule has 1 aliphatic heterocycles. The van der Waals surface area contributed by atoms with Gasteiger partial charge in [-0.15, -0.1) is 0 Å².